The van der Waals surface area contributed by atoms with E-state index in [1.807, 2.05) is 13.8 Å². The normalized spacial score (nSPS) is 11.1. The molecule has 0 bridgehead atoms. The van der Waals surface area contributed by atoms with Crippen LogP contribution in [-0.2, 0) is 0 Å². The zero-order chi connectivity index (χ0) is 12.6. The van der Waals surface area contributed by atoms with Gasteiger partial charge in [-0.2, -0.15) is 0 Å². The van der Waals surface area contributed by atoms with E-state index in [0.717, 1.165) is 0 Å². The maximum atomic E-state index is 13.7. The van der Waals surface area contributed by atoms with Crippen molar-refractivity contribution in [1.82, 2.24) is 9.97 Å². The maximum Gasteiger partial charge on any atom is 0.258 e. The van der Waals surface area contributed by atoms with E-state index in [2.05, 4.69) is 15.3 Å². The Hall–Kier alpha value is -1.91. The van der Waals surface area contributed by atoms with Crippen LogP contribution in [0.25, 0.3) is 10.9 Å². The lowest BCUT2D eigenvalue weighted by atomic mass is 10.2. The van der Waals surface area contributed by atoms with Crippen LogP contribution in [0.2, 0.25) is 0 Å². The van der Waals surface area contributed by atoms with Crippen molar-refractivity contribution in [2.45, 2.75) is 26.8 Å². The van der Waals surface area contributed by atoms with Gasteiger partial charge in [0.05, 0.1) is 16.6 Å². The van der Waals surface area contributed by atoms with E-state index in [-0.39, 0.29) is 11.6 Å². The van der Waals surface area contributed by atoms with Gasteiger partial charge in [0.2, 0.25) is 0 Å². The molecule has 5 heteroatoms. The van der Waals surface area contributed by atoms with Gasteiger partial charge in [-0.05, 0) is 26.8 Å². The third-order valence-electron chi connectivity index (χ3n) is 2.36. The molecule has 2 N–H and O–H groups in total. The van der Waals surface area contributed by atoms with E-state index in [1.165, 1.54) is 12.1 Å². The number of nitrogens with zero attached hydrogens (tertiary/aromatic N) is 1. The van der Waals surface area contributed by atoms with Crippen LogP contribution in [0.5, 0.6) is 0 Å². The van der Waals surface area contributed by atoms with Crippen molar-refractivity contribution < 1.29 is 4.39 Å². The average molecular weight is 235 g/mol. The minimum atomic E-state index is -0.399. The molecule has 0 unspecified atom stereocenters. The number of aromatic amines is 1. The van der Waals surface area contributed by atoms with Crippen LogP contribution in [0.4, 0.5) is 10.1 Å². The molecule has 0 aliphatic carbocycles. The summed E-state index contributed by atoms with van der Waals surface area (Å²) in [5.74, 6) is 0.0789. The molecule has 0 saturated heterocycles. The van der Waals surface area contributed by atoms with Gasteiger partial charge in [0.15, 0.2) is 0 Å². The van der Waals surface area contributed by atoms with Gasteiger partial charge in [-0.1, -0.05) is 0 Å². The second-order valence-electron chi connectivity index (χ2n) is 4.30. The fourth-order valence-corrected chi connectivity index (χ4v) is 1.70. The molecule has 17 heavy (non-hydrogen) atoms. The minimum absolute atomic E-state index is 0.0967. The number of aryl methyl sites for hydroxylation is 1. The molecule has 0 amide bonds. The zero-order valence-corrected chi connectivity index (χ0v) is 9.97. The fourth-order valence-electron chi connectivity index (χ4n) is 1.70. The van der Waals surface area contributed by atoms with E-state index in [1.54, 1.807) is 6.92 Å². The average Bonchev–Trinajstić information content (AvgIpc) is 2.19. The molecular formula is C12H14FN3O. The molecule has 0 radical (unpaired) electrons. The van der Waals surface area contributed by atoms with Crippen LogP contribution in [0, 0.1) is 12.7 Å². The van der Waals surface area contributed by atoms with Crippen molar-refractivity contribution in [3.63, 3.8) is 0 Å². The van der Waals surface area contributed by atoms with Crippen molar-refractivity contribution >= 4 is 16.6 Å². The Kier molecular flexibility index (Phi) is 2.83. The number of benzene rings is 1. The van der Waals surface area contributed by atoms with Crippen molar-refractivity contribution in [2.75, 3.05) is 5.32 Å². The van der Waals surface area contributed by atoms with Crippen molar-refractivity contribution in [3.8, 4) is 0 Å². The summed E-state index contributed by atoms with van der Waals surface area (Å²) in [5.41, 5.74) is 0.445. The first kappa shape index (κ1) is 11.6. The molecule has 0 fully saturated rings. The van der Waals surface area contributed by atoms with Crippen molar-refractivity contribution in [1.29, 1.82) is 0 Å². The minimum Gasteiger partial charge on any atom is -0.380 e. The number of hydrogen-bond acceptors (Lipinski definition) is 3. The summed E-state index contributed by atoms with van der Waals surface area (Å²) in [6.45, 7) is 5.47. The van der Waals surface area contributed by atoms with Crippen LogP contribution in [0.1, 0.15) is 19.7 Å². The summed E-state index contributed by atoms with van der Waals surface area (Å²) < 4.78 is 13.7. The van der Waals surface area contributed by atoms with Crippen LogP contribution in [0.15, 0.2) is 16.9 Å². The van der Waals surface area contributed by atoms with E-state index in [4.69, 9.17) is 0 Å². The lowest BCUT2D eigenvalue weighted by Gasteiger charge is -2.11. The second kappa shape index (κ2) is 4.16. The molecule has 1 aromatic heterocycles. The molecular weight excluding hydrogens is 221 g/mol. The van der Waals surface area contributed by atoms with Gasteiger partial charge in [0, 0.05) is 12.1 Å². The van der Waals surface area contributed by atoms with Gasteiger partial charge in [-0.25, -0.2) is 9.37 Å². The van der Waals surface area contributed by atoms with Gasteiger partial charge < -0.3 is 10.3 Å². The van der Waals surface area contributed by atoms with Gasteiger partial charge in [-0.3, -0.25) is 4.79 Å². The largest absolute Gasteiger partial charge is 0.380 e. The lowest BCUT2D eigenvalue weighted by Crippen LogP contribution is -2.14. The third kappa shape index (κ3) is 2.27. The Morgan fingerprint density at radius 3 is 2.76 bits per heavy atom. The Bertz CT molecular complexity index is 619. The standard InChI is InChI=1S/C12H14FN3O/c1-6(2)14-11-4-8-10(5-9(11)13)15-7(3)16-12(8)17/h4-6,14H,1-3H3,(H,15,16,17). The van der Waals surface area contributed by atoms with Crippen LogP contribution < -0.4 is 10.9 Å². The number of anilines is 1. The maximum absolute atomic E-state index is 13.7. The number of nitrogens with one attached hydrogen (secondary N) is 2. The first-order valence-electron chi connectivity index (χ1n) is 5.44. The topological polar surface area (TPSA) is 57.8 Å². The predicted molar refractivity (Wildman–Crippen MR) is 65.8 cm³/mol. The van der Waals surface area contributed by atoms with Gasteiger partial charge >= 0.3 is 0 Å². The summed E-state index contributed by atoms with van der Waals surface area (Å²) in [4.78, 5) is 18.4. The summed E-state index contributed by atoms with van der Waals surface area (Å²) >= 11 is 0. The fraction of sp³-hybridized carbons (Fsp3) is 0.333. The van der Waals surface area contributed by atoms with Crippen LogP contribution in [-0.4, -0.2) is 16.0 Å². The van der Waals surface area contributed by atoms with Crippen LogP contribution >= 0.6 is 0 Å². The number of fused-ring (bicyclic) bond motifs is 1. The summed E-state index contributed by atoms with van der Waals surface area (Å²) in [7, 11) is 0. The Labute approximate surface area is 97.9 Å². The first-order chi connectivity index (χ1) is 7.97. The van der Waals surface area contributed by atoms with Crippen molar-refractivity contribution in [2.24, 2.45) is 0 Å². The SMILES string of the molecule is Cc1nc2cc(F)c(NC(C)C)cc2c(=O)[nH]1. The molecule has 4 nitrogen and oxygen atoms in total. The number of halogens is 1. The highest BCUT2D eigenvalue weighted by atomic mass is 19.1. The quantitative estimate of drug-likeness (QED) is 0.838. The van der Waals surface area contributed by atoms with E-state index < -0.39 is 5.82 Å². The first-order valence-corrected chi connectivity index (χ1v) is 5.44. The van der Waals surface area contributed by atoms with E-state index in [0.29, 0.717) is 22.4 Å². The summed E-state index contributed by atoms with van der Waals surface area (Å²) in [6, 6.07) is 2.87. The van der Waals surface area contributed by atoms with Gasteiger partial charge in [0.1, 0.15) is 11.6 Å². The number of aromatic nitrogens is 2. The highest BCUT2D eigenvalue weighted by Gasteiger charge is 2.09. The molecule has 0 spiro atoms. The van der Waals surface area contributed by atoms with Gasteiger partial charge in [-0.15, -0.1) is 0 Å². The molecule has 0 aliphatic rings. The molecule has 0 aliphatic heterocycles. The molecule has 2 rings (SSSR count). The summed E-state index contributed by atoms with van der Waals surface area (Å²) in [6.07, 6.45) is 0. The lowest BCUT2D eigenvalue weighted by molar-refractivity contribution is 0.629. The Morgan fingerprint density at radius 2 is 2.12 bits per heavy atom. The van der Waals surface area contributed by atoms with Crippen LogP contribution in [0.3, 0.4) is 0 Å². The number of rotatable bonds is 2. The predicted octanol–water partition coefficient (Wildman–Crippen LogP) is 2.19. The smallest absolute Gasteiger partial charge is 0.258 e. The molecule has 2 aromatic rings. The highest BCUT2D eigenvalue weighted by Crippen LogP contribution is 2.20. The number of H-pyrrole nitrogens is 1. The molecule has 1 heterocycles. The molecule has 0 saturated carbocycles. The van der Waals surface area contributed by atoms with E-state index in [9.17, 15) is 9.18 Å². The Morgan fingerprint density at radius 1 is 1.41 bits per heavy atom. The summed E-state index contributed by atoms with van der Waals surface area (Å²) in [5, 5.41) is 3.34. The molecule has 1 aromatic carbocycles. The monoisotopic (exact) mass is 235 g/mol. The molecule has 90 valence electrons. The molecule has 0 atom stereocenters. The zero-order valence-electron chi connectivity index (χ0n) is 9.97. The second-order valence-corrected chi connectivity index (χ2v) is 4.30. The van der Waals surface area contributed by atoms with Crippen molar-refractivity contribution in [3.05, 3.63) is 34.1 Å². The highest BCUT2D eigenvalue weighted by molar-refractivity contribution is 5.81. The Balaban J connectivity index is 2.67. The third-order valence-corrected chi connectivity index (χ3v) is 2.36. The number of hydrogen-bond donors (Lipinski definition) is 2. The van der Waals surface area contributed by atoms with E-state index >= 15 is 0 Å². The van der Waals surface area contributed by atoms with Gasteiger partial charge in [0.25, 0.3) is 5.56 Å².